The highest BCUT2D eigenvalue weighted by molar-refractivity contribution is 9.09. The van der Waals surface area contributed by atoms with Crippen molar-refractivity contribution in [3.05, 3.63) is 35.4 Å². The largest absolute Gasteiger partial charge is 0.465 e. The van der Waals surface area contributed by atoms with Gasteiger partial charge >= 0.3 is 11.9 Å². The van der Waals surface area contributed by atoms with Gasteiger partial charge in [0.15, 0.2) is 5.41 Å². The van der Waals surface area contributed by atoms with Gasteiger partial charge in [0.05, 0.1) is 11.4 Å². The van der Waals surface area contributed by atoms with Gasteiger partial charge in [0.1, 0.15) is 6.10 Å². The van der Waals surface area contributed by atoms with E-state index >= 15 is 0 Å². The van der Waals surface area contributed by atoms with Crippen LogP contribution in [0.2, 0.25) is 25.7 Å². The Kier molecular flexibility index (Phi) is 5.12. The molecule has 5 atom stereocenters. The smallest absolute Gasteiger partial charge is 0.324 e. The number of esters is 2. The van der Waals surface area contributed by atoms with Crippen molar-refractivity contribution in [1.82, 2.24) is 0 Å². The van der Waals surface area contributed by atoms with Crippen molar-refractivity contribution in [2.75, 3.05) is 6.61 Å². The quantitative estimate of drug-likeness (QED) is 0.301. The van der Waals surface area contributed by atoms with Crippen LogP contribution in [0.1, 0.15) is 36.8 Å². The molecule has 0 bridgehead atoms. The fourth-order valence-corrected chi connectivity index (χ4v) is 7.44. The van der Waals surface area contributed by atoms with E-state index in [9.17, 15) is 9.59 Å². The average Bonchev–Trinajstić information content (AvgIpc) is 2.84. The van der Waals surface area contributed by atoms with Gasteiger partial charge in [0, 0.05) is 14.0 Å². The summed E-state index contributed by atoms with van der Waals surface area (Å²) in [6.45, 7) is 10.7. The maximum Gasteiger partial charge on any atom is 0.324 e. The van der Waals surface area contributed by atoms with Crippen LogP contribution in [0.5, 0.6) is 0 Å². The number of ether oxygens (including phenoxy) is 2. The van der Waals surface area contributed by atoms with Crippen LogP contribution in [0, 0.1) is 5.41 Å². The van der Waals surface area contributed by atoms with Crippen LogP contribution in [-0.4, -0.2) is 37.6 Å². The Labute approximate surface area is 164 Å². The molecule has 1 aromatic carbocycles. The zero-order valence-electron chi connectivity index (χ0n) is 16.0. The zero-order chi connectivity index (χ0) is 19.3. The molecule has 1 aliphatic heterocycles. The molecule has 2 aliphatic rings. The molecule has 6 heteroatoms. The molecule has 1 heterocycles. The Morgan fingerprint density at radius 1 is 1.27 bits per heavy atom. The summed E-state index contributed by atoms with van der Waals surface area (Å²) in [6.07, 6.45) is -0.354. The molecule has 0 saturated carbocycles. The molecule has 1 fully saturated rings. The normalized spacial score (nSPS) is 33.2. The molecule has 3 rings (SSSR count). The molecule has 0 amide bonds. The molecule has 1 saturated heterocycles. The number of benzene rings is 1. The first-order valence-electron chi connectivity index (χ1n) is 9.22. The molecule has 1 aliphatic carbocycles. The molecule has 0 radical (unpaired) electrons. The van der Waals surface area contributed by atoms with Gasteiger partial charge in [0.25, 0.3) is 0 Å². The van der Waals surface area contributed by atoms with Crippen LogP contribution in [0.15, 0.2) is 24.3 Å². The van der Waals surface area contributed by atoms with E-state index in [1.54, 1.807) is 13.8 Å². The number of rotatable bonds is 4. The van der Waals surface area contributed by atoms with E-state index in [0.29, 0.717) is 0 Å². The maximum atomic E-state index is 12.8. The number of fused-ring (bicyclic) bond motifs is 3. The Bertz CT molecular complexity index is 729. The van der Waals surface area contributed by atoms with Crippen molar-refractivity contribution in [2.24, 2.45) is 5.41 Å². The SMILES string of the molecule is CCOC(=O)[C@]1(C)C(=O)O[C@@H]2[C@@H](Br)[C@H](C[Si](C)(C)C)c3ccccc3[C@@H]21. The summed E-state index contributed by atoms with van der Waals surface area (Å²) in [5, 5.41) is 0. The van der Waals surface area contributed by atoms with Crippen LogP contribution >= 0.6 is 15.9 Å². The van der Waals surface area contributed by atoms with Gasteiger partial charge in [-0.3, -0.25) is 9.59 Å². The first-order chi connectivity index (χ1) is 12.1. The van der Waals surface area contributed by atoms with Gasteiger partial charge in [-0.2, -0.15) is 0 Å². The lowest BCUT2D eigenvalue weighted by atomic mass is 9.65. The summed E-state index contributed by atoms with van der Waals surface area (Å²) in [5.74, 6) is -1.02. The van der Waals surface area contributed by atoms with Gasteiger partial charge < -0.3 is 9.47 Å². The Morgan fingerprint density at radius 2 is 1.88 bits per heavy atom. The number of hydrogen-bond donors (Lipinski definition) is 0. The second-order valence-corrected chi connectivity index (χ2v) is 15.3. The molecule has 26 heavy (non-hydrogen) atoms. The van der Waals surface area contributed by atoms with Crippen molar-refractivity contribution in [3.63, 3.8) is 0 Å². The molecule has 0 N–H and O–H groups in total. The topological polar surface area (TPSA) is 52.6 Å². The first kappa shape index (κ1) is 19.6. The van der Waals surface area contributed by atoms with E-state index in [-0.39, 0.29) is 29.4 Å². The van der Waals surface area contributed by atoms with Crippen molar-refractivity contribution in [3.8, 4) is 0 Å². The predicted octanol–water partition coefficient (Wildman–Crippen LogP) is 4.46. The summed E-state index contributed by atoms with van der Waals surface area (Å²) in [4.78, 5) is 25.5. The van der Waals surface area contributed by atoms with Gasteiger partial charge in [0.2, 0.25) is 0 Å². The highest BCUT2D eigenvalue weighted by Crippen LogP contribution is 2.57. The third kappa shape index (κ3) is 3.05. The van der Waals surface area contributed by atoms with E-state index in [0.717, 1.165) is 11.6 Å². The summed E-state index contributed by atoms with van der Waals surface area (Å²) in [7, 11) is -1.35. The monoisotopic (exact) mass is 438 g/mol. The fraction of sp³-hybridized carbons (Fsp3) is 0.600. The minimum atomic E-state index is -1.35. The number of alkyl halides is 1. The minimum Gasteiger partial charge on any atom is -0.465 e. The highest BCUT2D eigenvalue weighted by atomic mass is 79.9. The Hall–Kier alpha value is -1.14. The molecule has 0 unspecified atom stereocenters. The van der Waals surface area contributed by atoms with Crippen molar-refractivity contribution in [2.45, 2.75) is 62.3 Å². The van der Waals surface area contributed by atoms with E-state index in [1.165, 1.54) is 5.56 Å². The lowest BCUT2D eigenvalue weighted by molar-refractivity contribution is -0.164. The van der Waals surface area contributed by atoms with E-state index in [2.05, 4.69) is 41.6 Å². The second-order valence-electron chi connectivity index (χ2n) is 8.72. The molecule has 0 spiro atoms. The Balaban J connectivity index is 2.13. The van der Waals surface area contributed by atoms with Gasteiger partial charge in [-0.15, -0.1) is 0 Å². The number of carbonyl (C=O) groups excluding carboxylic acids is 2. The van der Waals surface area contributed by atoms with Crippen molar-refractivity contribution >= 4 is 35.9 Å². The molecular formula is C20H27BrO4Si. The number of halogens is 1. The predicted molar refractivity (Wildman–Crippen MR) is 107 cm³/mol. The number of hydrogen-bond acceptors (Lipinski definition) is 4. The summed E-state index contributed by atoms with van der Waals surface area (Å²) >= 11 is 3.84. The van der Waals surface area contributed by atoms with Gasteiger partial charge in [-0.05, 0) is 36.9 Å². The van der Waals surface area contributed by atoms with E-state index in [1.807, 2.05) is 18.2 Å². The molecular weight excluding hydrogens is 412 g/mol. The maximum absolute atomic E-state index is 12.8. The van der Waals surface area contributed by atoms with Crippen LogP contribution in [-0.2, 0) is 19.1 Å². The Morgan fingerprint density at radius 3 is 2.46 bits per heavy atom. The second kappa shape index (κ2) is 6.79. The van der Waals surface area contributed by atoms with Crippen LogP contribution < -0.4 is 0 Å². The number of carbonyl (C=O) groups is 2. The molecule has 142 valence electrons. The lowest BCUT2D eigenvalue weighted by Crippen LogP contribution is -2.45. The average molecular weight is 439 g/mol. The third-order valence-corrected chi connectivity index (χ3v) is 8.40. The fourth-order valence-electron chi connectivity index (χ4n) is 4.41. The first-order valence-corrected chi connectivity index (χ1v) is 13.8. The van der Waals surface area contributed by atoms with Crippen molar-refractivity contribution in [1.29, 1.82) is 0 Å². The van der Waals surface area contributed by atoms with Gasteiger partial charge in [-0.25, -0.2) is 0 Å². The third-order valence-electron chi connectivity index (χ3n) is 5.58. The molecule has 1 aromatic rings. The highest BCUT2D eigenvalue weighted by Gasteiger charge is 2.64. The van der Waals surface area contributed by atoms with Crippen LogP contribution in [0.25, 0.3) is 0 Å². The lowest BCUT2D eigenvalue weighted by Gasteiger charge is -2.41. The van der Waals surface area contributed by atoms with Crippen molar-refractivity contribution < 1.29 is 19.1 Å². The summed E-state index contributed by atoms with van der Waals surface area (Å²) in [5.41, 5.74) is 0.983. The van der Waals surface area contributed by atoms with Crippen LogP contribution in [0.4, 0.5) is 0 Å². The molecule has 4 nitrogen and oxygen atoms in total. The van der Waals surface area contributed by atoms with Crippen LogP contribution in [0.3, 0.4) is 0 Å². The van der Waals surface area contributed by atoms with Gasteiger partial charge in [-0.1, -0.05) is 59.8 Å². The zero-order valence-corrected chi connectivity index (χ0v) is 18.6. The van der Waals surface area contributed by atoms with E-state index < -0.39 is 25.4 Å². The summed E-state index contributed by atoms with van der Waals surface area (Å²) < 4.78 is 11.0. The van der Waals surface area contributed by atoms with E-state index in [4.69, 9.17) is 9.47 Å². The standard InChI is InChI=1S/C20H27BrO4Si/c1-6-24-18(22)20(2)15-13-10-8-7-9-12(13)14(11-26(3,4)5)16(21)17(15)25-19(20)23/h7-10,14-17H,6,11H2,1-5H3/t14-,15+,16+,17+,20-/m1/s1. The summed E-state index contributed by atoms with van der Waals surface area (Å²) in [6, 6.07) is 9.29. The minimum absolute atomic E-state index is 0.00525. The molecule has 0 aromatic heterocycles.